The van der Waals surface area contributed by atoms with E-state index in [2.05, 4.69) is 4.98 Å². The normalized spacial score (nSPS) is 20.2. The molecule has 1 N–H and O–H groups in total. The van der Waals surface area contributed by atoms with Gasteiger partial charge in [-0.25, -0.2) is 4.98 Å². The van der Waals surface area contributed by atoms with Crippen LogP contribution in [0.5, 0.6) is 11.5 Å². The summed E-state index contributed by atoms with van der Waals surface area (Å²) in [6, 6.07) is 14.5. The molecule has 2 atom stereocenters. The number of fused-ring (bicyclic) bond motifs is 2. The number of aliphatic hydroxyl groups excluding tert-OH is 1. The lowest BCUT2D eigenvalue weighted by molar-refractivity contribution is -0.132. The Balaban J connectivity index is 1.54. The molecule has 0 aliphatic carbocycles. The highest BCUT2D eigenvalue weighted by Crippen LogP contribution is 2.46. The molecular weight excluding hydrogens is 547 g/mol. The van der Waals surface area contributed by atoms with Crippen molar-refractivity contribution in [2.75, 3.05) is 12.0 Å². The lowest BCUT2D eigenvalue weighted by atomic mass is 9.94. The number of ketones is 1. The molecule has 1 amide bonds. The molecule has 6 rings (SSSR count). The summed E-state index contributed by atoms with van der Waals surface area (Å²) in [6.45, 7) is 1.96. The van der Waals surface area contributed by atoms with Crippen LogP contribution >= 0.6 is 34.5 Å². The molecule has 1 fully saturated rings. The highest BCUT2D eigenvalue weighted by atomic mass is 35.5. The summed E-state index contributed by atoms with van der Waals surface area (Å²) in [5, 5.41) is 12.4. The number of benzene rings is 3. The van der Waals surface area contributed by atoms with E-state index in [1.807, 2.05) is 13.0 Å². The molecule has 2 aliphatic rings. The lowest BCUT2D eigenvalue weighted by Gasteiger charge is -2.23. The summed E-state index contributed by atoms with van der Waals surface area (Å²) in [6.07, 6.45) is 0.692. The van der Waals surface area contributed by atoms with Crippen molar-refractivity contribution in [3.05, 3.63) is 86.9 Å². The molecule has 38 heavy (non-hydrogen) atoms. The summed E-state index contributed by atoms with van der Waals surface area (Å²) in [5.74, 6) is -0.523. The first-order chi connectivity index (χ1) is 18.2. The zero-order valence-corrected chi connectivity index (χ0v) is 22.5. The third-order valence-corrected chi connectivity index (χ3v) is 8.42. The molecule has 4 aromatic rings. The third-order valence-electron chi connectivity index (χ3n) is 6.66. The molecule has 0 saturated carbocycles. The van der Waals surface area contributed by atoms with Crippen LogP contribution in [0.4, 0.5) is 5.13 Å². The number of carbonyl (C=O) groups excluding carboxylic acids is 2. The van der Waals surface area contributed by atoms with Gasteiger partial charge < -0.3 is 14.6 Å². The van der Waals surface area contributed by atoms with Gasteiger partial charge in [0.05, 0.1) is 39.0 Å². The monoisotopic (exact) mass is 566 g/mol. The Morgan fingerprint density at radius 3 is 2.68 bits per heavy atom. The first-order valence-corrected chi connectivity index (χ1v) is 13.3. The second-order valence-corrected chi connectivity index (χ2v) is 11.0. The topological polar surface area (TPSA) is 89.0 Å². The van der Waals surface area contributed by atoms with Crippen molar-refractivity contribution in [1.29, 1.82) is 0 Å². The summed E-state index contributed by atoms with van der Waals surface area (Å²) in [7, 11) is 1.57. The quantitative estimate of drug-likeness (QED) is 0.171. The predicted octanol–water partition coefficient (Wildman–Crippen LogP) is 6.56. The van der Waals surface area contributed by atoms with Crippen molar-refractivity contribution in [2.45, 2.75) is 25.5 Å². The van der Waals surface area contributed by atoms with Crippen molar-refractivity contribution in [3.63, 3.8) is 0 Å². The number of anilines is 1. The van der Waals surface area contributed by atoms with E-state index in [0.29, 0.717) is 39.0 Å². The molecule has 1 saturated heterocycles. The highest BCUT2D eigenvalue weighted by Gasteiger charge is 2.48. The Morgan fingerprint density at radius 1 is 1.11 bits per heavy atom. The van der Waals surface area contributed by atoms with E-state index < -0.39 is 17.7 Å². The van der Waals surface area contributed by atoms with E-state index in [9.17, 15) is 14.7 Å². The number of ether oxygens (including phenoxy) is 2. The van der Waals surface area contributed by atoms with Gasteiger partial charge in [-0.3, -0.25) is 14.5 Å². The van der Waals surface area contributed by atoms with Gasteiger partial charge in [0.2, 0.25) is 0 Å². The maximum Gasteiger partial charge on any atom is 0.301 e. The Kier molecular flexibility index (Phi) is 6.06. The average Bonchev–Trinajstić information content (AvgIpc) is 3.57. The highest BCUT2D eigenvalue weighted by molar-refractivity contribution is 7.22. The van der Waals surface area contributed by atoms with E-state index in [-0.39, 0.29) is 22.5 Å². The molecule has 10 heteroatoms. The van der Waals surface area contributed by atoms with Gasteiger partial charge in [-0.15, -0.1) is 0 Å². The third kappa shape index (κ3) is 4.00. The number of methoxy groups -OCH3 is 1. The van der Waals surface area contributed by atoms with E-state index in [1.165, 1.54) is 16.2 Å². The van der Waals surface area contributed by atoms with Gasteiger partial charge in [0.25, 0.3) is 5.78 Å². The minimum atomic E-state index is -0.976. The number of amides is 1. The van der Waals surface area contributed by atoms with Gasteiger partial charge in [-0.05, 0) is 66.6 Å². The Bertz CT molecular complexity index is 1680. The zero-order valence-electron chi connectivity index (χ0n) is 20.2. The summed E-state index contributed by atoms with van der Waals surface area (Å²) >= 11 is 13.7. The molecule has 2 aliphatic heterocycles. The number of carbonyl (C=O) groups is 2. The molecule has 0 unspecified atom stereocenters. The van der Waals surface area contributed by atoms with Gasteiger partial charge >= 0.3 is 5.91 Å². The molecule has 0 spiro atoms. The number of aromatic nitrogens is 1. The lowest BCUT2D eigenvalue weighted by Crippen LogP contribution is -2.29. The van der Waals surface area contributed by atoms with Crippen LogP contribution in [0.25, 0.3) is 16.0 Å². The van der Waals surface area contributed by atoms with Crippen molar-refractivity contribution in [3.8, 4) is 11.5 Å². The number of aliphatic hydroxyl groups is 1. The number of nitrogens with zero attached hydrogens (tertiary/aromatic N) is 2. The van der Waals surface area contributed by atoms with Crippen LogP contribution in [0.2, 0.25) is 10.0 Å². The Hall–Kier alpha value is -3.59. The van der Waals surface area contributed by atoms with Crippen LogP contribution < -0.4 is 14.4 Å². The van der Waals surface area contributed by atoms with Gasteiger partial charge in [0.15, 0.2) is 5.13 Å². The number of thiazole rings is 1. The summed E-state index contributed by atoms with van der Waals surface area (Å²) < 4.78 is 11.9. The van der Waals surface area contributed by atoms with E-state index in [0.717, 1.165) is 16.0 Å². The fourth-order valence-electron chi connectivity index (χ4n) is 4.88. The van der Waals surface area contributed by atoms with E-state index >= 15 is 0 Å². The molecule has 1 aromatic heterocycles. The first kappa shape index (κ1) is 24.7. The van der Waals surface area contributed by atoms with Crippen LogP contribution in [0.15, 0.2) is 60.2 Å². The van der Waals surface area contributed by atoms with Crippen LogP contribution in [0, 0.1) is 0 Å². The molecular formula is C28H20Cl2N2O5S. The molecule has 192 valence electrons. The molecule has 3 heterocycles. The zero-order chi connectivity index (χ0) is 26.7. The van der Waals surface area contributed by atoms with Crippen LogP contribution in [-0.4, -0.2) is 35.0 Å². The van der Waals surface area contributed by atoms with Crippen LogP contribution in [-0.2, 0) is 16.0 Å². The van der Waals surface area contributed by atoms with Gasteiger partial charge in [0.1, 0.15) is 23.4 Å². The van der Waals surface area contributed by atoms with Gasteiger partial charge in [0, 0.05) is 12.0 Å². The van der Waals surface area contributed by atoms with Gasteiger partial charge in [-0.1, -0.05) is 40.6 Å². The van der Waals surface area contributed by atoms with Crippen LogP contribution in [0.3, 0.4) is 0 Å². The van der Waals surface area contributed by atoms with Crippen molar-refractivity contribution in [2.24, 2.45) is 0 Å². The number of hydrogen-bond acceptors (Lipinski definition) is 7. The van der Waals surface area contributed by atoms with Crippen molar-refractivity contribution >= 4 is 67.3 Å². The fraction of sp³-hybridized carbons (Fsp3) is 0.179. The van der Waals surface area contributed by atoms with Crippen molar-refractivity contribution in [1.82, 2.24) is 4.98 Å². The average molecular weight is 567 g/mol. The smallest absolute Gasteiger partial charge is 0.301 e. The largest absolute Gasteiger partial charge is 0.507 e. The molecule has 7 nitrogen and oxygen atoms in total. The number of hydrogen-bond donors (Lipinski definition) is 1. The maximum absolute atomic E-state index is 13.5. The second kappa shape index (κ2) is 9.31. The van der Waals surface area contributed by atoms with E-state index in [1.54, 1.807) is 55.6 Å². The SMILES string of the molecule is COc1ccc2nc(N3C(=O)C(=O)C(=C(O)c4ccc5c(c4)C[C@@H](C)O5)[C@@H]3c3ccc(Cl)c(Cl)c3)sc2c1. The number of rotatable bonds is 4. The maximum atomic E-state index is 13.5. The minimum Gasteiger partial charge on any atom is -0.507 e. The molecule has 0 bridgehead atoms. The fourth-order valence-corrected chi connectivity index (χ4v) is 6.20. The Labute approximate surface area is 231 Å². The van der Waals surface area contributed by atoms with E-state index in [4.69, 9.17) is 32.7 Å². The molecule has 3 aromatic carbocycles. The number of Topliss-reactive ketones (excluding diaryl/α,β-unsaturated/α-hetero) is 1. The number of halogens is 2. The minimum absolute atomic E-state index is 0.0156. The van der Waals surface area contributed by atoms with Crippen LogP contribution in [0.1, 0.15) is 29.7 Å². The summed E-state index contributed by atoms with van der Waals surface area (Å²) in [5.41, 5.74) is 2.43. The second-order valence-electron chi connectivity index (χ2n) is 9.13. The Morgan fingerprint density at radius 2 is 1.92 bits per heavy atom. The summed E-state index contributed by atoms with van der Waals surface area (Å²) in [4.78, 5) is 33.0. The van der Waals surface area contributed by atoms with Crippen molar-refractivity contribution < 1.29 is 24.2 Å². The predicted molar refractivity (Wildman–Crippen MR) is 148 cm³/mol. The van der Waals surface area contributed by atoms with Gasteiger partial charge in [-0.2, -0.15) is 0 Å². The standard InChI is InChI=1S/C28H20Cl2N2O5S/c1-13-9-16-10-15(4-8-21(16)37-13)25(33)23-24(14-3-6-18(29)19(30)11-14)32(27(35)26(23)34)28-31-20-7-5-17(36-2)12-22(20)38-28/h3-8,10-13,24,33H,9H2,1-2H3/t13-,24+/m1/s1. The molecule has 0 radical (unpaired) electrons. The first-order valence-electron chi connectivity index (χ1n) is 11.8.